The van der Waals surface area contributed by atoms with E-state index in [-0.39, 0.29) is 0 Å². The molecule has 20 heavy (non-hydrogen) atoms. The third-order valence-corrected chi connectivity index (χ3v) is 3.78. The maximum Gasteiger partial charge on any atom is 0.340 e. The van der Waals surface area contributed by atoms with Crippen molar-refractivity contribution in [3.63, 3.8) is 0 Å². The molecule has 0 spiro atoms. The van der Waals surface area contributed by atoms with Gasteiger partial charge in [0.1, 0.15) is 0 Å². The highest BCUT2D eigenvalue weighted by Gasteiger charge is 2.35. The van der Waals surface area contributed by atoms with E-state index in [1.165, 1.54) is 7.11 Å². The summed E-state index contributed by atoms with van der Waals surface area (Å²) in [5.74, 6) is -0.477. The summed E-state index contributed by atoms with van der Waals surface area (Å²) in [6, 6.07) is 3.48. The van der Waals surface area contributed by atoms with Crippen molar-refractivity contribution >= 4 is 17.3 Å². The number of ether oxygens (including phenoxy) is 1. The van der Waals surface area contributed by atoms with E-state index >= 15 is 0 Å². The van der Waals surface area contributed by atoms with Crippen LogP contribution in [0, 0.1) is 6.92 Å². The van der Waals surface area contributed by atoms with E-state index in [1.54, 1.807) is 19.9 Å². The van der Waals surface area contributed by atoms with E-state index in [4.69, 9.17) is 10.5 Å². The van der Waals surface area contributed by atoms with Crippen LogP contribution >= 0.6 is 0 Å². The third kappa shape index (κ3) is 3.22. The monoisotopic (exact) mass is 280 g/mol. The SMILES string of the molecule is COC(=O)c1cc(NC(C)(C)C(C)(C)O)cc(C)c1N. The van der Waals surface area contributed by atoms with Gasteiger partial charge in [0.05, 0.1) is 23.8 Å². The number of nitrogens with one attached hydrogen (secondary N) is 1. The number of carbonyl (C=O) groups is 1. The summed E-state index contributed by atoms with van der Waals surface area (Å²) in [4.78, 5) is 11.7. The third-order valence-electron chi connectivity index (χ3n) is 3.78. The van der Waals surface area contributed by atoms with Crippen molar-refractivity contribution in [2.45, 2.75) is 45.8 Å². The molecule has 0 aliphatic rings. The molecule has 0 bridgehead atoms. The number of esters is 1. The van der Waals surface area contributed by atoms with Crippen molar-refractivity contribution in [2.24, 2.45) is 0 Å². The standard InChI is InChI=1S/C15H24N2O3/c1-9-7-10(17-14(2,3)15(4,5)19)8-11(12(9)16)13(18)20-6/h7-8,17,19H,16H2,1-6H3. The number of carbonyl (C=O) groups excluding carboxylic acids is 1. The molecule has 1 aromatic carbocycles. The molecule has 0 aliphatic carbocycles. The van der Waals surface area contributed by atoms with Gasteiger partial charge in [0.25, 0.3) is 0 Å². The lowest BCUT2D eigenvalue weighted by Gasteiger charge is -2.39. The molecule has 0 fully saturated rings. The van der Waals surface area contributed by atoms with Gasteiger partial charge in [-0.05, 0) is 52.3 Å². The Hall–Kier alpha value is -1.75. The van der Waals surface area contributed by atoms with Gasteiger partial charge in [-0.15, -0.1) is 0 Å². The van der Waals surface area contributed by atoms with Gasteiger partial charge in [-0.3, -0.25) is 0 Å². The number of hydrogen-bond acceptors (Lipinski definition) is 5. The fourth-order valence-electron chi connectivity index (χ4n) is 1.66. The topological polar surface area (TPSA) is 84.6 Å². The molecule has 112 valence electrons. The summed E-state index contributed by atoms with van der Waals surface area (Å²) in [6.45, 7) is 9.05. The van der Waals surface area contributed by atoms with Crippen LogP contribution in [0.1, 0.15) is 43.6 Å². The van der Waals surface area contributed by atoms with E-state index in [1.807, 2.05) is 26.8 Å². The second-order valence-electron chi connectivity index (χ2n) is 6.05. The Balaban J connectivity index is 3.22. The molecule has 5 heteroatoms. The summed E-state index contributed by atoms with van der Waals surface area (Å²) in [5.41, 5.74) is 6.60. The molecule has 0 radical (unpaired) electrons. The van der Waals surface area contributed by atoms with Gasteiger partial charge in [0, 0.05) is 11.4 Å². The van der Waals surface area contributed by atoms with E-state index in [0.717, 1.165) is 5.56 Å². The lowest BCUT2D eigenvalue weighted by Crippen LogP contribution is -2.51. The molecule has 1 aromatic rings. The zero-order valence-corrected chi connectivity index (χ0v) is 13.0. The molecule has 4 N–H and O–H groups in total. The minimum atomic E-state index is -0.937. The van der Waals surface area contributed by atoms with E-state index in [2.05, 4.69) is 5.32 Å². The summed E-state index contributed by atoms with van der Waals surface area (Å²) in [7, 11) is 1.32. The van der Waals surface area contributed by atoms with Crippen molar-refractivity contribution in [1.29, 1.82) is 0 Å². The number of nitrogens with two attached hydrogens (primary N) is 1. The van der Waals surface area contributed by atoms with Crippen LogP contribution in [0.25, 0.3) is 0 Å². The summed E-state index contributed by atoms with van der Waals surface area (Å²) < 4.78 is 4.73. The minimum absolute atomic E-state index is 0.321. The Bertz CT molecular complexity index is 517. The predicted molar refractivity (Wildman–Crippen MR) is 80.9 cm³/mol. The molecular formula is C15H24N2O3. The van der Waals surface area contributed by atoms with Gasteiger partial charge in [-0.25, -0.2) is 4.79 Å². The molecule has 0 saturated heterocycles. The highest BCUT2D eigenvalue weighted by molar-refractivity contribution is 5.97. The molecule has 0 saturated carbocycles. The Morgan fingerprint density at radius 1 is 1.30 bits per heavy atom. The number of nitrogen functional groups attached to an aromatic ring is 1. The Morgan fingerprint density at radius 2 is 1.85 bits per heavy atom. The van der Waals surface area contributed by atoms with Crippen molar-refractivity contribution in [3.05, 3.63) is 23.3 Å². The van der Waals surface area contributed by atoms with Gasteiger partial charge in [0.2, 0.25) is 0 Å². The lowest BCUT2D eigenvalue weighted by molar-refractivity contribution is 0.0240. The van der Waals surface area contributed by atoms with E-state index in [9.17, 15) is 9.90 Å². The van der Waals surface area contributed by atoms with Crippen LogP contribution in [-0.4, -0.2) is 29.3 Å². The lowest BCUT2D eigenvalue weighted by atomic mass is 9.85. The maximum atomic E-state index is 11.7. The molecule has 0 aliphatic heterocycles. The summed E-state index contributed by atoms with van der Waals surface area (Å²) in [5, 5.41) is 13.4. The van der Waals surface area contributed by atoms with Crippen LogP contribution in [-0.2, 0) is 4.74 Å². The van der Waals surface area contributed by atoms with E-state index in [0.29, 0.717) is 16.9 Å². The summed E-state index contributed by atoms with van der Waals surface area (Å²) >= 11 is 0. The zero-order valence-electron chi connectivity index (χ0n) is 13.0. The average molecular weight is 280 g/mol. The summed E-state index contributed by atoms with van der Waals surface area (Å²) in [6.07, 6.45) is 0. The minimum Gasteiger partial charge on any atom is -0.465 e. The molecule has 0 unspecified atom stereocenters. The highest BCUT2D eigenvalue weighted by atomic mass is 16.5. The van der Waals surface area contributed by atoms with Crippen molar-refractivity contribution in [2.75, 3.05) is 18.2 Å². The smallest absolute Gasteiger partial charge is 0.340 e. The first-order valence-electron chi connectivity index (χ1n) is 6.48. The zero-order chi connectivity index (χ0) is 15.7. The van der Waals surface area contributed by atoms with E-state index < -0.39 is 17.1 Å². The number of anilines is 2. The quantitative estimate of drug-likeness (QED) is 0.582. The molecule has 0 heterocycles. The van der Waals surface area contributed by atoms with Crippen molar-refractivity contribution in [3.8, 4) is 0 Å². The van der Waals surface area contributed by atoms with Crippen LogP contribution in [0.4, 0.5) is 11.4 Å². The van der Waals surface area contributed by atoms with Gasteiger partial charge in [0.15, 0.2) is 0 Å². The largest absolute Gasteiger partial charge is 0.465 e. The van der Waals surface area contributed by atoms with Crippen molar-refractivity contribution in [1.82, 2.24) is 0 Å². The molecule has 0 amide bonds. The van der Waals surface area contributed by atoms with Gasteiger partial charge in [-0.1, -0.05) is 0 Å². The first-order valence-corrected chi connectivity index (χ1v) is 6.48. The van der Waals surface area contributed by atoms with Crippen LogP contribution in [0.5, 0.6) is 0 Å². The Kier molecular flexibility index (Phi) is 4.34. The van der Waals surface area contributed by atoms with Gasteiger partial charge < -0.3 is 20.9 Å². The fraction of sp³-hybridized carbons (Fsp3) is 0.533. The normalized spacial score (nSPS) is 12.2. The maximum absolute atomic E-state index is 11.7. The number of hydrogen-bond donors (Lipinski definition) is 3. The second kappa shape index (κ2) is 5.32. The second-order valence-corrected chi connectivity index (χ2v) is 6.05. The van der Waals surface area contributed by atoms with Crippen molar-refractivity contribution < 1.29 is 14.6 Å². The molecule has 1 rings (SSSR count). The first-order chi connectivity index (χ1) is 8.99. The molecule has 0 atom stereocenters. The van der Waals surface area contributed by atoms with Gasteiger partial charge in [-0.2, -0.15) is 0 Å². The number of benzene rings is 1. The van der Waals surface area contributed by atoms with Crippen LogP contribution in [0.3, 0.4) is 0 Å². The fourth-order valence-corrected chi connectivity index (χ4v) is 1.66. The number of methoxy groups -OCH3 is 1. The van der Waals surface area contributed by atoms with Crippen LogP contribution in [0.2, 0.25) is 0 Å². The number of aliphatic hydroxyl groups is 1. The van der Waals surface area contributed by atoms with Gasteiger partial charge >= 0.3 is 5.97 Å². The number of aryl methyl sites for hydroxylation is 1. The predicted octanol–water partition coefficient (Wildman–Crippen LogP) is 2.33. The first kappa shape index (κ1) is 16.3. The Labute approximate surface area is 120 Å². The molecular weight excluding hydrogens is 256 g/mol. The number of rotatable bonds is 4. The average Bonchev–Trinajstić information content (AvgIpc) is 2.30. The molecule has 5 nitrogen and oxygen atoms in total. The van der Waals surface area contributed by atoms with Crippen LogP contribution in [0.15, 0.2) is 12.1 Å². The van der Waals surface area contributed by atoms with Crippen LogP contribution < -0.4 is 11.1 Å². The molecule has 0 aromatic heterocycles. The highest BCUT2D eigenvalue weighted by Crippen LogP contribution is 2.29. The Morgan fingerprint density at radius 3 is 2.30 bits per heavy atom.